The monoisotopic (exact) mass is 204 g/mol. The number of nitrogens with one attached hydrogen (secondary N) is 2. The van der Waals surface area contributed by atoms with Gasteiger partial charge in [-0.3, -0.25) is 0 Å². The van der Waals surface area contributed by atoms with Crippen LogP contribution >= 0.6 is 0 Å². The van der Waals surface area contributed by atoms with Crippen molar-refractivity contribution in [3.05, 3.63) is 28.8 Å². The van der Waals surface area contributed by atoms with E-state index in [1.807, 2.05) is 0 Å². The molecule has 15 heavy (non-hydrogen) atoms. The molecular formula is C12H16N2O. The van der Waals surface area contributed by atoms with Crippen molar-refractivity contribution in [2.24, 2.45) is 0 Å². The normalized spacial score (nSPS) is 11.1. The molecule has 1 aromatic carbocycles. The summed E-state index contributed by atoms with van der Waals surface area (Å²) in [6.45, 7) is 6.17. The largest absolute Gasteiger partial charge is 0.507 e. The Morgan fingerprint density at radius 3 is 1.73 bits per heavy atom. The lowest BCUT2D eigenvalue weighted by molar-refractivity contribution is 0.472. The predicted octanol–water partition coefficient (Wildman–Crippen LogP) is 2.69. The molecule has 0 amide bonds. The Hall–Kier alpha value is -1.64. The highest BCUT2D eigenvalue weighted by molar-refractivity contribution is 5.90. The van der Waals surface area contributed by atoms with Crippen molar-refractivity contribution in [2.45, 2.75) is 26.2 Å². The molecule has 0 unspecified atom stereocenters. The Morgan fingerprint density at radius 1 is 1.07 bits per heavy atom. The van der Waals surface area contributed by atoms with Crippen LogP contribution in [0, 0.1) is 10.8 Å². The minimum absolute atomic E-state index is 0.00741. The van der Waals surface area contributed by atoms with Gasteiger partial charge in [0, 0.05) is 23.6 Å². The van der Waals surface area contributed by atoms with Gasteiger partial charge in [0.25, 0.3) is 0 Å². The number of aromatic hydroxyl groups is 1. The molecule has 0 aliphatic carbocycles. The number of rotatable bonds is 2. The average Bonchev–Trinajstić information content (AvgIpc) is 2.16. The molecule has 0 fully saturated rings. The summed E-state index contributed by atoms with van der Waals surface area (Å²) >= 11 is 0. The Balaban J connectivity index is 3.46. The van der Waals surface area contributed by atoms with Crippen molar-refractivity contribution >= 4 is 12.4 Å². The molecule has 1 aromatic rings. The Morgan fingerprint density at radius 2 is 1.47 bits per heavy atom. The number of hydrogen-bond donors (Lipinski definition) is 3. The van der Waals surface area contributed by atoms with E-state index in [9.17, 15) is 5.11 Å². The van der Waals surface area contributed by atoms with E-state index < -0.39 is 0 Å². The van der Waals surface area contributed by atoms with Crippen LogP contribution in [0.4, 0.5) is 0 Å². The first-order valence-corrected chi connectivity index (χ1v) is 4.78. The second-order valence-electron chi connectivity index (χ2n) is 4.54. The zero-order valence-corrected chi connectivity index (χ0v) is 9.26. The molecule has 3 N–H and O–H groups in total. The van der Waals surface area contributed by atoms with E-state index in [-0.39, 0.29) is 11.2 Å². The summed E-state index contributed by atoms with van der Waals surface area (Å²) in [6.07, 6.45) is 2.22. The second kappa shape index (κ2) is 3.85. The first-order valence-electron chi connectivity index (χ1n) is 4.78. The third-order valence-corrected chi connectivity index (χ3v) is 2.35. The summed E-state index contributed by atoms with van der Waals surface area (Å²) < 4.78 is 0. The average molecular weight is 204 g/mol. The van der Waals surface area contributed by atoms with Gasteiger partial charge >= 0.3 is 0 Å². The van der Waals surface area contributed by atoms with E-state index in [4.69, 9.17) is 10.8 Å². The van der Waals surface area contributed by atoms with Gasteiger partial charge in [0.05, 0.1) is 0 Å². The maximum Gasteiger partial charge on any atom is 0.133 e. The predicted molar refractivity (Wildman–Crippen MR) is 62.6 cm³/mol. The lowest BCUT2D eigenvalue weighted by Crippen LogP contribution is -2.12. The highest BCUT2D eigenvalue weighted by atomic mass is 16.3. The van der Waals surface area contributed by atoms with Crippen LogP contribution < -0.4 is 0 Å². The van der Waals surface area contributed by atoms with Crippen LogP contribution in [0.25, 0.3) is 0 Å². The van der Waals surface area contributed by atoms with E-state index in [1.165, 1.54) is 0 Å². The molecule has 1 rings (SSSR count). The van der Waals surface area contributed by atoms with Crippen molar-refractivity contribution in [3.63, 3.8) is 0 Å². The molecule has 80 valence electrons. The minimum Gasteiger partial charge on any atom is -0.507 e. The van der Waals surface area contributed by atoms with Crippen molar-refractivity contribution in [1.29, 1.82) is 10.8 Å². The summed E-state index contributed by atoms with van der Waals surface area (Å²) in [4.78, 5) is 0. The van der Waals surface area contributed by atoms with Crippen molar-refractivity contribution in [3.8, 4) is 5.75 Å². The standard InChI is InChI=1S/C12H16N2O/c1-12(2,3)10-4-8(6-13)11(15)9(5-10)7-14/h4-7,13-15H,1-3H3. The van der Waals surface area contributed by atoms with Crippen LogP contribution in [-0.2, 0) is 5.41 Å². The van der Waals surface area contributed by atoms with Crippen LogP contribution in [0.3, 0.4) is 0 Å². The van der Waals surface area contributed by atoms with E-state index in [0.29, 0.717) is 11.1 Å². The van der Waals surface area contributed by atoms with E-state index in [1.54, 1.807) is 12.1 Å². The Labute approximate surface area is 89.8 Å². The summed E-state index contributed by atoms with van der Waals surface area (Å²) in [6, 6.07) is 3.57. The number of phenolic OH excluding ortho intramolecular Hbond substituents is 1. The van der Waals surface area contributed by atoms with E-state index in [0.717, 1.165) is 18.0 Å². The molecule has 0 saturated carbocycles. The highest BCUT2D eigenvalue weighted by Gasteiger charge is 2.17. The van der Waals surface area contributed by atoms with Gasteiger partial charge in [-0.2, -0.15) is 0 Å². The van der Waals surface area contributed by atoms with Gasteiger partial charge in [0.1, 0.15) is 5.75 Å². The number of hydrogen-bond acceptors (Lipinski definition) is 3. The molecule has 0 aliphatic heterocycles. The maximum absolute atomic E-state index is 9.68. The molecule has 0 bridgehead atoms. The van der Waals surface area contributed by atoms with Crippen molar-refractivity contribution < 1.29 is 5.11 Å². The Kier molecular flexibility index (Phi) is 2.93. The van der Waals surface area contributed by atoms with Crippen LogP contribution in [-0.4, -0.2) is 17.5 Å². The smallest absolute Gasteiger partial charge is 0.133 e. The quantitative estimate of drug-likeness (QED) is 0.637. The molecular weight excluding hydrogens is 188 g/mol. The lowest BCUT2D eigenvalue weighted by Gasteiger charge is -2.20. The molecule has 0 aromatic heterocycles. The molecule has 0 atom stereocenters. The highest BCUT2D eigenvalue weighted by Crippen LogP contribution is 2.29. The van der Waals surface area contributed by atoms with Gasteiger partial charge in [-0.05, 0) is 23.1 Å². The van der Waals surface area contributed by atoms with E-state index in [2.05, 4.69) is 20.8 Å². The number of benzene rings is 1. The molecule has 0 saturated heterocycles. The van der Waals surface area contributed by atoms with Crippen LogP contribution in [0.5, 0.6) is 5.75 Å². The molecule has 0 spiro atoms. The molecule has 3 heteroatoms. The van der Waals surface area contributed by atoms with Crippen molar-refractivity contribution in [1.82, 2.24) is 0 Å². The molecule has 3 nitrogen and oxygen atoms in total. The maximum atomic E-state index is 9.68. The van der Waals surface area contributed by atoms with Gasteiger partial charge < -0.3 is 15.9 Å². The number of phenols is 1. The van der Waals surface area contributed by atoms with E-state index >= 15 is 0 Å². The van der Waals surface area contributed by atoms with Crippen LogP contribution in [0.15, 0.2) is 12.1 Å². The third kappa shape index (κ3) is 2.24. The second-order valence-corrected chi connectivity index (χ2v) is 4.54. The van der Waals surface area contributed by atoms with Gasteiger partial charge in [0.2, 0.25) is 0 Å². The zero-order chi connectivity index (χ0) is 11.6. The van der Waals surface area contributed by atoms with Crippen LogP contribution in [0.2, 0.25) is 0 Å². The van der Waals surface area contributed by atoms with Gasteiger partial charge in [-0.25, -0.2) is 0 Å². The first kappa shape index (κ1) is 11.4. The molecule has 0 radical (unpaired) electrons. The fourth-order valence-corrected chi connectivity index (χ4v) is 1.33. The van der Waals surface area contributed by atoms with Gasteiger partial charge in [-0.1, -0.05) is 20.8 Å². The summed E-state index contributed by atoms with van der Waals surface area (Å²) in [5, 5.41) is 24.1. The first-order chi connectivity index (χ1) is 6.90. The van der Waals surface area contributed by atoms with Gasteiger partial charge in [-0.15, -0.1) is 0 Å². The SMILES string of the molecule is CC(C)(C)c1cc(C=N)c(O)c(C=N)c1. The zero-order valence-electron chi connectivity index (χ0n) is 9.26. The van der Waals surface area contributed by atoms with Crippen LogP contribution in [0.1, 0.15) is 37.5 Å². The summed E-state index contributed by atoms with van der Waals surface area (Å²) in [5.41, 5.74) is 1.88. The Bertz CT molecular complexity index is 374. The fraction of sp³-hybridized carbons (Fsp3) is 0.333. The lowest BCUT2D eigenvalue weighted by atomic mass is 9.85. The molecule has 0 heterocycles. The summed E-state index contributed by atoms with van der Waals surface area (Å²) in [5.74, 6) is 0.00741. The topological polar surface area (TPSA) is 67.9 Å². The minimum atomic E-state index is -0.0524. The molecule has 0 aliphatic rings. The fourth-order valence-electron chi connectivity index (χ4n) is 1.33. The third-order valence-electron chi connectivity index (χ3n) is 2.35. The van der Waals surface area contributed by atoms with Gasteiger partial charge in [0.15, 0.2) is 0 Å². The van der Waals surface area contributed by atoms with Crippen molar-refractivity contribution in [2.75, 3.05) is 0 Å². The summed E-state index contributed by atoms with van der Waals surface area (Å²) in [7, 11) is 0.